The Morgan fingerprint density at radius 3 is 1.77 bits per heavy atom. The summed E-state index contributed by atoms with van der Waals surface area (Å²) in [6.07, 6.45) is -4.39. The number of ether oxygens (including phenoxy) is 1. The molecular formula is C24H22F3NO2. The van der Waals surface area contributed by atoms with E-state index in [1.165, 1.54) is 12.1 Å². The summed E-state index contributed by atoms with van der Waals surface area (Å²) in [5.74, 6) is -0.227. The highest BCUT2D eigenvalue weighted by Gasteiger charge is 2.30. The van der Waals surface area contributed by atoms with Crippen molar-refractivity contribution in [1.29, 1.82) is 0 Å². The Bertz CT molecular complexity index is 926. The van der Waals surface area contributed by atoms with Crippen molar-refractivity contribution < 1.29 is 22.7 Å². The second-order valence-electron chi connectivity index (χ2n) is 6.91. The minimum atomic E-state index is -4.39. The quantitative estimate of drug-likeness (QED) is 0.491. The molecule has 156 valence electrons. The Morgan fingerprint density at radius 2 is 1.23 bits per heavy atom. The number of halogens is 3. The largest absolute Gasteiger partial charge is 0.416 e. The summed E-state index contributed by atoms with van der Waals surface area (Å²) in [5, 5.41) is 0. The lowest BCUT2D eigenvalue weighted by Gasteiger charge is -2.23. The molecule has 0 aliphatic rings. The van der Waals surface area contributed by atoms with Gasteiger partial charge in [-0.3, -0.25) is 4.79 Å². The van der Waals surface area contributed by atoms with Gasteiger partial charge in [-0.1, -0.05) is 72.8 Å². The molecule has 0 bridgehead atoms. The Kier molecular flexibility index (Phi) is 7.25. The molecule has 3 aromatic carbocycles. The van der Waals surface area contributed by atoms with Crippen molar-refractivity contribution in [1.82, 2.24) is 4.90 Å². The predicted octanol–water partition coefficient (Wildman–Crippen LogP) is 5.45. The summed E-state index contributed by atoms with van der Waals surface area (Å²) in [5.41, 5.74) is 1.80. The zero-order chi connectivity index (χ0) is 21.4. The van der Waals surface area contributed by atoms with Crippen LogP contribution in [0.25, 0.3) is 0 Å². The third kappa shape index (κ3) is 6.46. The van der Waals surface area contributed by atoms with E-state index in [-0.39, 0.29) is 19.1 Å². The average molecular weight is 413 g/mol. The van der Waals surface area contributed by atoms with Crippen molar-refractivity contribution in [3.8, 4) is 0 Å². The molecule has 6 heteroatoms. The first-order valence-corrected chi connectivity index (χ1v) is 9.51. The number of carbonyl (C=O) groups excluding carboxylic acids is 1. The number of rotatable bonds is 8. The van der Waals surface area contributed by atoms with E-state index < -0.39 is 11.7 Å². The smallest absolute Gasteiger partial charge is 0.367 e. The van der Waals surface area contributed by atoms with Crippen LogP contribution in [0.3, 0.4) is 0 Å². The van der Waals surface area contributed by atoms with Gasteiger partial charge in [0.05, 0.1) is 12.2 Å². The fourth-order valence-electron chi connectivity index (χ4n) is 2.98. The van der Waals surface area contributed by atoms with Crippen LogP contribution in [0.2, 0.25) is 0 Å². The van der Waals surface area contributed by atoms with E-state index in [1.807, 2.05) is 60.7 Å². The standard InChI is InChI=1S/C24H22F3NO2/c25-24(26,27)22-13-11-20(12-14-22)16-28(15-19-7-3-1-4-8-19)23(29)18-30-17-21-9-5-2-6-10-21/h1-14H,15-18H2. The SMILES string of the molecule is O=C(COCc1ccccc1)N(Cc1ccccc1)Cc1ccc(C(F)(F)F)cc1. The molecular weight excluding hydrogens is 391 g/mol. The topological polar surface area (TPSA) is 29.5 Å². The predicted molar refractivity (Wildman–Crippen MR) is 108 cm³/mol. The maximum Gasteiger partial charge on any atom is 0.416 e. The minimum Gasteiger partial charge on any atom is -0.367 e. The number of nitrogens with zero attached hydrogens (tertiary/aromatic N) is 1. The molecule has 0 saturated carbocycles. The maximum absolute atomic E-state index is 12.8. The normalized spacial score (nSPS) is 11.3. The molecule has 0 fully saturated rings. The van der Waals surface area contributed by atoms with Crippen LogP contribution in [-0.2, 0) is 35.4 Å². The van der Waals surface area contributed by atoms with Gasteiger partial charge in [0.2, 0.25) is 5.91 Å². The maximum atomic E-state index is 12.8. The highest BCUT2D eigenvalue weighted by molar-refractivity contribution is 5.77. The van der Waals surface area contributed by atoms with E-state index in [2.05, 4.69) is 0 Å². The number of hydrogen-bond donors (Lipinski definition) is 0. The first-order chi connectivity index (χ1) is 14.4. The monoisotopic (exact) mass is 413 g/mol. The fourth-order valence-corrected chi connectivity index (χ4v) is 2.98. The van der Waals surface area contributed by atoms with E-state index in [4.69, 9.17) is 4.74 Å². The molecule has 0 aliphatic heterocycles. The van der Waals surface area contributed by atoms with Crippen molar-refractivity contribution >= 4 is 5.91 Å². The molecule has 0 N–H and O–H groups in total. The molecule has 0 aliphatic carbocycles. The summed E-state index contributed by atoms with van der Waals surface area (Å²) in [7, 11) is 0. The van der Waals surface area contributed by atoms with Gasteiger partial charge in [0, 0.05) is 13.1 Å². The number of carbonyl (C=O) groups is 1. The fraction of sp³-hybridized carbons (Fsp3) is 0.208. The van der Waals surface area contributed by atoms with Crippen molar-refractivity contribution in [2.75, 3.05) is 6.61 Å². The Balaban J connectivity index is 1.67. The molecule has 1 amide bonds. The van der Waals surface area contributed by atoms with Gasteiger partial charge in [-0.15, -0.1) is 0 Å². The molecule has 0 unspecified atom stereocenters. The summed E-state index contributed by atoms with van der Waals surface area (Å²) in [6, 6.07) is 23.8. The van der Waals surface area contributed by atoms with Crippen LogP contribution < -0.4 is 0 Å². The van der Waals surface area contributed by atoms with Gasteiger partial charge in [-0.25, -0.2) is 0 Å². The van der Waals surface area contributed by atoms with Crippen molar-refractivity contribution in [2.45, 2.75) is 25.9 Å². The van der Waals surface area contributed by atoms with Crippen molar-refractivity contribution in [3.05, 3.63) is 107 Å². The van der Waals surface area contributed by atoms with Gasteiger partial charge in [0.25, 0.3) is 0 Å². The minimum absolute atomic E-state index is 0.109. The van der Waals surface area contributed by atoms with Crippen molar-refractivity contribution in [2.24, 2.45) is 0 Å². The van der Waals surface area contributed by atoms with Crippen LogP contribution in [0.15, 0.2) is 84.9 Å². The van der Waals surface area contributed by atoms with Gasteiger partial charge < -0.3 is 9.64 Å². The molecule has 0 aromatic heterocycles. The van der Waals surface area contributed by atoms with E-state index in [9.17, 15) is 18.0 Å². The average Bonchev–Trinajstić information content (AvgIpc) is 2.74. The van der Waals surface area contributed by atoms with Crippen LogP contribution in [0.5, 0.6) is 0 Å². The van der Waals surface area contributed by atoms with Gasteiger partial charge >= 0.3 is 6.18 Å². The molecule has 30 heavy (non-hydrogen) atoms. The summed E-state index contributed by atoms with van der Waals surface area (Å²) in [6.45, 7) is 0.740. The zero-order valence-corrected chi connectivity index (χ0v) is 16.3. The highest BCUT2D eigenvalue weighted by Crippen LogP contribution is 2.29. The zero-order valence-electron chi connectivity index (χ0n) is 16.3. The molecule has 3 rings (SSSR count). The lowest BCUT2D eigenvalue weighted by Crippen LogP contribution is -2.33. The second kappa shape index (κ2) is 10.1. The Morgan fingerprint density at radius 1 is 0.733 bits per heavy atom. The highest BCUT2D eigenvalue weighted by atomic mass is 19.4. The van der Waals surface area contributed by atoms with Crippen LogP contribution in [0.4, 0.5) is 13.2 Å². The molecule has 0 radical (unpaired) electrons. The summed E-state index contributed by atoms with van der Waals surface area (Å²) in [4.78, 5) is 14.4. The number of benzene rings is 3. The van der Waals surface area contributed by atoms with Crippen LogP contribution in [0, 0.1) is 0 Å². The van der Waals surface area contributed by atoms with Gasteiger partial charge in [-0.2, -0.15) is 13.2 Å². The Hall–Kier alpha value is -3.12. The van der Waals surface area contributed by atoms with Crippen LogP contribution in [0.1, 0.15) is 22.3 Å². The Labute approximate surface area is 173 Å². The number of alkyl halides is 3. The lowest BCUT2D eigenvalue weighted by molar-refractivity contribution is -0.138. The molecule has 0 saturated heterocycles. The van der Waals surface area contributed by atoms with Gasteiger partial charge in [-0.05, 0) is 28.8 Å². The van der Waals surface area contributed by atoms with Crippen molar-refractivity contribution in [3.63, 3.8) is 0 Å². The molecule has 0 atom stereocenters. The number of hydrogen-bond acceptors (Lipinski definition) is 2. The first-order valence-electron chi connectivity index (χ1n) is 9.51. The van der Waals surface area contributed by atoms with Gasteiger partial charge in [0.1, 0.15) is 6.61 Å². The second-order valence-corrected chi connectivity index (χ2v) is 6.91. The van der Waals surface area contributed by atoms with Gasteiger partial charge in [0.15, 0.2) is 0 Å². The summed E-state index contributed by atoms with van der Waals surface area (Å²) < 4.78 is 44.0. The van der Waals surface area contributed by atoms with E-state index in [1.54, 1.807) is 4.90 Å². The molecule has 0 heterocycles. The summed E-state index contributed by atoms with van der Waals surface area (Å²) >= 11 is 0. The molecule has 3 aromatic rings. The van der Waals surface area contributed by atoms with Crippen LogP contribution in [-0.4, -0.2) is 17.4 Å². The number of amides is 1. The lowest BCUT2D eigenvalue weighted by atomic mass is 10.1. The molecule has 3 nitrogen and oxygen atoms in total. The van der Waals surface area contributed by atoms with Crippen LogP contribution >= 0.6 is 0 Å². The first kappa shape index (κ1) is 21.6. The third-order valence-corrected chi connectivity index (χ3v) is 4.56. The van der Waals surface area contributed by atoms with E-state index >= 15 is 0 Å². The third-order valence-electron chi connectivity index (χ3n) is 4.56. The molecule has 0 spiro atoms. The van der Waals surface area contributed by atoms with E-state index in [0.717, 1.165) is 23.3 Å². The van der Waals surface area contributed by atoms with E-state index in [0.29, 0.717) is 18.7 Å².